The number of ether oxygens (including phenoxy) is 1. The van der Waals surface area contributed by atoms with E-state index in [0.717, 1.165) is 23.7 Å². The standard InChI is InChI=1S/C15H18N2O/c1-17(11-12-5-3-6-13(16)9-12)14-7-4-8-15(10-14)18-2/h3-10H,11,16H2,1-2H3. The second-order valence-electron chi connectivity index (χ2n) is 4.30. The molecule has 0 atom stereocenters. The first-order valence-corrected chi connectivity index (χ1v) is 5.88. The van der Waals surface area contributed by atoms with E-state index in [2.05, 4.69) is 24.1 Å². The van der Waals surface area contributed by atoms with Gasteiger partial charge in [0.15, 0.2) is 0 Å². The molecule has 0 aromatic heterocycles. The number of hydrogen-bond acceptors (Lipinski definition) is 3. The van der Waals surface area contributed by atoms with Crippen molar-refractivity contribution in [3.05, 3.63) is 54.1 Å². The van der Waals surface area contributed by atoms with Crippen molar-refractivity contribution in [2.24, 2.45) is 0 Å². The number of benzene rings is 2. The molecule has 0 fully saturated rings. The predicted molar refractivity (Wildman–Crippen MR) is 76.0 cm³/mol. The van der Waals surface area contributed by atoms with E-state index < -0.39 is 0 Å². The van der Waals surface area contributed by atoms with Gasteiger partial charge in [0.1, 0.15) is 5.75 Å². The molecule has 0 heterocycles. The Balaban J connectivity index is 2.13. The first kappa shape index (κ1) is 12.3. The number of methoxy groups -OCH3 is 1. The summed E-state index contributed by atoms with van der Waals surface area (Å²) < 4.78 is 5.23. The molecule has 3 heteroatoms. The van der Waals surface area contributed by atoms with Gasteiger partial charge >= 0.3 is 0 Å². The average Bonchev–Trinajstić information content (AvgIpc) is 2.39. The van der Waals surface area contributed by atoms with Crippen LogP contribution in [-0.4, -0.2) is 14.2 Å². The third-order valence-corrected chi connectivity index (χ3v) is 2.86. The van der Waals surface area contributed by atoms with Crippen molar-refractivity contribution in [3.8, 4) is 5.75 Å². The molecule has 94 valence electrons. The van der Waals surface area contributed by atoms with Crippen LogP contribution in [0.1, 0.15) is 5.56 Å². The van der Waals surface area contributed by atoms with Gasteiger partial charge in [-0.3, -0.25) is 0 Å². The monoisotopic (exact) mass is 242 g/mol. The highest BCUT2D eigenvalue weighted by Gasteiger charge is 2.03. The minimum absolute atomic E-state index is 0.798. The van der Waals surface area contributed by atoms with E-state index in [1.54, 1.807) is 7.11 Å². The number of hydrogen-bond donors (Lipinski definition) is 1. The molecule has 3 nitrogen and oxygen atoms in total. The van der Waals surface area contributed by atoms with Gasteiger partial charge in [0.25, 0.3) is 0 Å². The van der Waals surface area contributed by atoms with Crippen LogP contribution < -0.4 is 15.4 Å². The SMILES string of the molecule is COc1cccc(N(C)Cc2cccc(N)c2)c1. The van der Waals surface area contributed by atoms with Crippen LogP contribution >= 0.6 is 0 Å². The molecular weight excluding hydrogens is 224 g/mol. The largest absolute Gasteiger partial charge is 0.497 e. The van der Waals surface area contributed by atoms with Gasteiger partial charge in [0.05, 0.1) is 7.11 Å². The molecule has 0 radical (unpaired) electrons. The van der Waals surface area contributed by atoms with E-state index in [9.17, 15) is 0 Å². The highest BCUT2D eigenvalue weighted by atomic mass is 16.5. The maximum Gasteiger partial charge on any atom is 0.120 e. The molecule has 18 heavy (non-hydrogen) atoms. The Hall–Kier alpha value is -2.16. The predicted octanol–water partition coefficient (Wildman–Crippen LogP) is 2.91. The molecule has 2 N–H and O–H groups in total. The molecule has 0 spiro atoms. The lowest BCUT2D eigenvalue weighted by Gasteiger charge is -2.20. The first-order valence-electron chi connectivity index (χ1n) is 5.88. The fourth-order valence-corrected chi connectivity index (χ4v) is 1.90. The molecule has 0 aliphatic heterocycles. The third kappa shape index (κ3) is 2.94. The number of anilines is 2. The van der Waals surface area contributed by atoms with Gasteiger partial charge < -0.3 is 15.4 Å². The Labute approximate surface area is 108 Å². The van der Waals surface area contributed by atoms with Gasteiger partial charge in [0, 0.05) is 31.0 Å². The van der Waals surface area contributed by atoms with Gasteiger partial charge in [-0.15, -0.1) is 0 Å². The van der Waals surface area contributed by atoms with Crippen LogP contribution in [0.25, 0.3) is 0 Å². The second-order valence-corrected chi connectivity index (χ2v) is 4.30. The van der Waals surface area contributed by atoms with Gasteiger partial charge in [-0.25, -0.2) is 0 Å². The maximum absolute atomic E-state index is 5.78. The van der Waals surface area contributed by atoms with Crippen LogP contribution in [0.3, 0.4) is 0 Å². The van der Waals surface area contributed by atoms with E-state index in [1.807, 2.05) is 36.4 Å². The first-order chi connectivity index (χ1) is 8.69. The summed E-state index contributed by atoms with van der Waals surface area (Å²) in [7, 11) is 3.73. The summed E-state index contributed by atoms with van der Waals surface area (Å²) in [4.78, 5) is 2.16. The molecule has 0 aliphatic rings. The number of rotatable bonds is 4. The van der Waals surface area contributed by atoms with Crippen LogP contribution in [-0.2, 0) is 6.54 Å². The molecule has 0 saturated heterocycles. The average molecular weight is 242 g/mol. The van der Waals surface area contributed by atoms with Crippen LogP contribution in [0.15, 0.2) is 48.5 Å². The van der Waals surface area contributed by atoms with Crippen molar-refractivity contribution in [2.75, 3.05) is 24.8 Å². The lowest BCUT2D eigenvalue weighted by Crippen LogP contribution is -2.16. The number of nitrogen functional groups attached to an aromatic ring is 1. The highest BCUT2D eigenvalue weighted by molar-refractivity contribution is 5.51. The highest BCUT2D eigenvalue weighted by Crippen LogP contribution is 2.21. The van der Waals surface area contributed by atoms with Gasteiger partial charge in [-0.05, 0) is 29.8 Å². The minimum atomic E-state index is 0.798. The van der Waals surface area contributed by atoms with E-state index >= 15 is 0 Å². The smallest absolute Gasteiger partial charge is 0.120 e. The van der Waals surface area contributed by atoms with Crippen LogP contribution in [0.5, 0.6) is 5.75 Å². The molecule has 0 unspecified atom stereocenters. The van der Waals surface area contributed by atoms with Crippen LogP contribution in [0, 0.1) is 0 Å². The second kappa shape index (κ2) is 5.45. The van der Waals surface area contributed by atoms with Crippen molar-refractivity contribution in [1.29, 1.82) is 0 Å². The normalized spacial score (nSPS) is 10.1. The summed E-state index contributed by atoms with van der Waals surface area (Å²) in [6.07, 6.45) is 0. The quantitative estimate of drug-likeness (QED) is 0.838. The van der Waals surface area contributed by atoms with E-state index in [-0.39, 0.29) is 0 Å². The number of nitrogens with two attached hydrogens (primary N) is 1. The molecule has 0 saturated carbocycles. The molecule has 0 aliphatic carbocycles. The van der Waals surface area contributed by atoms with Crippen molar-refractivity contribution in [3.63, 3.8) is 0 Å². The third-order valence-electron chi connectivity index (χ3n) is 2.86. The van der Waals surface area contributed by atoms with Crippen molar-refractivity contribution in [2.45, 2.75) is 6.54 Å². The number of nitrogens with zero attached hydrogens (tertiary/aromatic N) is 1. The molecule has 2 aromatic carbocycles. The lowest BCUT2D eigenvalue weighted by molar-refractivity contribution is 0.415. The summed E-state index contributed by atoms with van der Waals surface area (Å²) in [6, 6.07) is 16.0. The zero-order chi connectivity index (χ0) is 13.0. The zero-order valence-corrected chi connectivity index (χ0v) is 10.8. The van der Waals surface area contributed by atoms with Gasteiger partial charge in [-0.2, -0.15) is 0 Å². The summed E-state index contributed by atoms with van der Waals surface area (Å²) >= 11 is 0. The summed E-state index contributed by atoms with van der Waals surface area (Å²) in [6.45, 7) is 0.818. The van der Waals surface area contributed by atoms with Gasteiger partial charge in [0.2, 0.25) is 0 Å². The topological polar surface area (TPSA) is 38.5 Å². The van der Waals surface area contributed by atoms with Crippen LogP contribution in [0.4, 0.5) is 11.4 Å². The van der Waals surface area contributed by atoms with E-state index in [1.165, 1.54) is 5.56 Å². The molecule has 0 bridgehead atoms. The van der Waals surface area contributed by atoms with Crippen molar-refractivity contribution >= 4 is 11.4 Å². The molecule has 0 amide bonds. The van der Waals surface area contributed by atoms with Crippen molar-refractivity contribution < 1.29 is 4.74 Å². The Morgan fingerprint density at radius 2 is 1.89 bits per heavy atom. The fraction of sp³-hybridized carbons (Fsp3) is 0.200. The van der Waals surface area contributed by atoms with E-state index in [4.69, 9.17) is 10.5 Å². The summed E-state index contributed by atoms with van der Waals surface area (Å²) in [5.74, 6) is 0.868. The minimum Gasteiger partial charge on any atom is -0.497 e. The Kier molecular flexibility index (Phi) is 3.72. The molecule has 2 aromatic rings. The summed E-state index contributed by atoms with van der Waals surface area (Å²) in [5, 5.41) is 0. The fourth-order valence-electron chi connectivity index (χ4n) is 1.90. The Morgan fingerprint density at radius 1 is 1.11 bits per heavy atom. The lowest BCUT2D eigenvalue weighted by atomic mass is 10.2. The Morgan fingerprint density at radius 3 is 2.61 bits per heavy atom. The molecule has 2 rings (SSSR count). The van der Waals surface area contributed by atoms with Crippen LogP contribution in [0.2, 0.25) is 0 Å². The summed E-state index contributed by atoms with van der Waals surface area (Å²) in [5.41, 5.74) is 8.89. The van der Waals surface area contributed by atoms with E-state index in [0.29, 0.717) is 0 Å². The maximum atomic E-state index is 5.78. The van der Waals surface area contributed by atoms with Gasteiger partial charge in [-0.1, -0.05) is 18.2 Å². The zero-order valence-electron chi connectivity index (χ0n) is 10.8. The Bertz CT molecular complexity index is 525. The van der Waals surface area contributed by atoms with Crippen molar-refractivity contribution in [1.82, 2.24) is 0 Å². The molecular formula is C15H18N2O.